The van der Waals surface area contributed by atoms with Crippen LogP contribution < -0.4 is 10.1 Å². The number of amides is 1. The third-order valence-corrected chi connectivity index (χ3v) is 7.72. The van der Waals surface area contributed by atoms with Crippen LogP contribution in [0.25, 0.3) is 0 Å². The summed E-state index contributed by atoms with van der Waals surface area (Å²) in [4.78, 5) is 13.1. The molecule has 2 unspecified atom stereocenters. The van der Waals surface area contributed by atoms with E-state index in [0.29, 0.717) is 18.9 Å². The number of nitrogens with zero attached hydrogens (tertiary/aromatic N) is 1. The Balaban J connectivity index is 1.58. The molecule has 7 nitrogen and oxygen atoms in total. The average Bonchev–Trinajstić information content (AvgIpc) is 3.41. The zero-order valence-electron chi connectivity index (χ0n) is 17.6. The van der Waals surface area contributed by atoms with Crippen molar-refractivity contribution in [3.63, 3.8) is 0 Å². The van der Waals surface area contributed by atoms with Crippen LogP contribution >= 0.6 is 0 Å². The summed E-state index contributed by atoms with van der Waals surface area (Å²) in [5.74, 6) is 0.323. The van der Waals surface area contributed by atoms with Crippen molar-refractivity contribution in [1.29, 1.82) is 0 Å². The number of fused-ring (bicyclic) bond motifs is 1. The third kappa shape index (κ3) is 4.76. The topological polar surface area (TPSA) is 84.9 Å². The molecule has 0 saturated carbocycles. The second kappa shape index (κ2) is 9.38. The van der Waals surface area contributed by atoms with E-state index in [1.165, 1.54) is 9.87 Å². The standard InChI is InChI=1S/C23H28N2O5S/c1-29-13-12-24-23(26)22-15-20(30-19-8-3-2-4-9-19)16-25(22)31(27,28)21-11-10-17-6-5-7-18(17)14-21/h2-4,8-11,14,20,22H,5-7,12-13,15-16H2,1H3,(H,24,26). The second-order valence-corrected chi connectivity index (χ2v) is 9.84. The van der Waals surface area contributed by atoms with Gasteiger partial charge in [0.05, 0.1) is 18.0 Å². The number of carbonyl (C=O) groups is 1. The first-order valence-electron chi connectivity index (χ1n) is 10.6. The predicted octanol–water partition coefficient (Wildman–Crippen LogP) is 2.15. The van der Waals surface area contributed by atoms with Crippen molar-refractivity contribution in [3.05, 3.63) is 59.7 Å². The van der Waals surface area contributed by atoms with Gasteiger partial charge in [0, 0.05) is 20.1 Å². The van der Waals surface area contributed by atoms with Gasteiger partial charge in [-0.2, -0.15) is 4.31 Å². The lowest BCUT2D eigenvalue weighted by molar-refractivity contribution is -0.124. The first-order valence-corrected chi connectivity index (χ1v) is 12.0. The molecule has 1 heterocycles. The number of hydrogen-bond acceptors (Lipinski definition) is 5. The van der Waals surface area contributed by atoms with E-state index in [1.54, 1.807) is 19.2 Å². The zero-order valence-corrected chi connectivity index (χ0v) is 18.4. The summed E-state index contributed by atoms with van der Waals surface area (Å²) in [6, 6.07) is 13.7. The number of aryl methyl sites for hydroxylation is 2. The van der Waals surface area contributed by atoms with E-state index in [2.05, 4.69) is 5.32 Å². The smallest absolute Gasteiger partial charge is 0.243 e. The van der Waals surface area contributed by atoms with Gasteiger partial charge in [0.2, 0.25) is 15.9 Å². The fourth-order valence-electron chi connectivity index (χ4n) is 4.29. The van der Waals surface area contributed by atoms with Gasteiger partial charge in [-0.05, 0) is 54.7 Å². The van der Waals surface area contributed by atoms with Crippen molar-refractivity contribution < 1.29 is 22.7 Å². The Hall–Kier alpha value is -2.42. The Labute approximate surface area is 183 Å². The molecule has 0 radical (unpaired) electrons. The van der Waals surface area contributed by atoms with Crippen molar-refractivity contribution >= 4 is 15.9 Å². The molecule has 2 aromatic carbocycles. The number of carbonyl (C=O) groups excluding carboxylic acids is 1. The van der Waals surface area contributed by atoms with Gasteiger partial charge < -0.3 is 14.8 Å². The third-order valence-electron chi connectivity index (χ3n) is 5.85. The van der Waals surface area contributed by atoms with Crippen molar-refractivity contribution in [3.8, 4) is 5.75 Å². The van der Waals surface area contributed by atoms with Crippen LogP contribution in [0, 0.1) is 0 Å². The highest BCUT2D eigenvalue weighted by molar-refractivity contribution is 7.89. The van der Waals surface area contributed by atoms with Crippen LogP contribution in [-0.4, -0.2) is 57.6 Å². The zero-order chi connectivity index (χ0) is 21.8. The summed E-state index contributed by atoms with van der Waals surface area (Å²) in [7, 11) is -2.30. The monoisotopic (exact) mass is 444 g/mol. The minimum atomic E-state index is -3.85. The summed E-state index contributed by atoms with van der Waals surface area (Å²) >= 11 is 0. The van der Waals surface area contributed by atoms with Gasteiger partial charge in [0.15, 0.2) is 0 Å². The molecule has 1 fully saturated rings. The molecule has 0 bridgehead atoms. The molecule has 1 aliphatic carbocycles. The van der Waals surface area contributed by atoms with E-state index >= 15 is 0 Å². The van der Waals surface area contributed by atoms with Gasteiger partial charge in [0.25, 0.3) is 0 Å². The maximum atomic E-state index is 13.5. The van der Waals surface area contributed by atoms with Gasteiger partial charge in [-0.25, -0.2) is 8.42 Å². The lowest BCUT2D eigenvalue weighted by atomic mass is 10.1. The molecular weight excluding hydrogens is 416 g/mol. The number of benzene rings is 2. The summed E-state index contributed by atoms with van der Waals surface area (Å²) in [5.41, 5.74) is 2.29. The molecule has 31 heavy (non-hydrogen) atoms. The number of rotatable bonds is 8. The summed E-state index contributed by atoms with van der Waals surface area (Å²) in [6.45, 7) is 0.805. The Morgan fingerprint density at radius 2 is 1.90 bits per heavy atom. The molecule has 8 heteroatoms. The number of ether oxygens (including phenoxy) is 2. The van der Waals surface area contributed by atoms with E-state index in [0.717, 1.165) is 24.8 Å². The van der Waals surface area contributed by atoms with Gasteiger partial charge in [-0.3, -0.25) is 4.79 Å². The van der Waals surface area contributed by atoms with Gasteiger partial charge in [-0.1, -0.05) is 24.3 Å². The number of hydrogen-bond donors (Lipinski definition) is 1. The summed E-state index contributed by atoms with van der Waals surface area (Å²) in [5, 5.41) is 2.78. The number of methoxy groups -OCH3 is 1. The van der Waals surface area contributed by atoms with Crippen LogP contribution in [0.2, 0.25) is 0 Å². The van der Waals surface area contributed by atoms with Crippen LogP contribution in [0.3, 0.4) is 0 Å². The van der Waals surface area contributed by atoms with Crippen molar-refractivity contribution in [1.82, 2.24) is 9.62 Å². The Morgan fingerprint density at radius 1 is 1.13 bits per heavy atom. The Kier molecular flexibility index (Phi) is 6.60. The number of nitrogens with one attached hydrogen (secondary N) is 1. The first kappa shape index (κ1) is 21.8. The van der Waals surface area contributed by atoms with Crippen LogP contribution in [-0.2, 0) is 32.4 Å². The SMILES string of the molecule is COCCNC(=O)C1CC(Oc2ccccc2)CN1S(=O)(=O)c1ccc2c(c1)CCC2. The van der Waals surface area contributed by atoms with Crippen molar-refractivity contribution in [2.45, 2.75) is 42.7 Å². The minimum Gasteiger partial charge on any atom is -0.489 e. The molecule has 166 valence electrons. The molecule has 2 aromatic rings. The van der Waals surface area contributed by atoms with Crippen molar-refractivity contribution in [2.75, 3.05) is 26.8 Å². The van der Waals surface area contributed by atoms with Crippen LogP contribution in [0.1, 0.15) is 24.0 Å². The first-order chi connectivity index (χ1) is 15.0. The molecular formula is C23H28N2O5S. The molecule has 0 aromatic heterocycles. The van der Waals surface area contributed by atoms with E-state index < -0.39 is 22.2 Å². The molecule has 0 spiro atoms. The lowest BCUT2D eigenvalue weighted by Crippen LogP contribution is -2.46. The summed E-state index contributed by atoms with van der Waals surface area (Å²) < 4.78 is 39.4. The summed E-state index contributed by atoms with van der Waals surface area (Å²) in [6.07, 6.45) is 2.79. The normalized spacial score (nSPS) is 21.1. The Morgan fingerprint density at radius 3 is 2.68 bits per heavy atom. The average molecular weight is 445 g/mol. The van der Waals surface area contributed by atoms with Gasteiger partial charge >= 0.3 is 0 Å². The lowest BCUT2D eigenvalue weighted by Gasteiger charge is -2.23. The van der Waals surface area contributed by atoms with Crippen molar-refractivity contribution in [2.24, 2.45) is 0 Å². The predicted molar refractivity (Wildman–Crippen MR) is 117 cm³/mol. The minimum absolute atomic E-state index is 0.122. The van der Waals surface area contributed by atoms with Crippen LogP contribution in [0.15, 0.2) is 53.4 Å². The largest absolute Gasteiger partial charge is 0.489 e. The van der Waals surface area contributed by atoms with E-state index in [-0.39, 0.29) is 23.8 Å². The molecule has 1 aliphatic heterocycles. The molecule has 1 N–H and O–H groups in total. The van der Waals surface area contributed by atoms with Crippen LogP contribution in [0.5, 0.6) is 5.75 Å². The highest BCUT2D eigenvalue weighted by Gasteiger charge is 2.45. The molecule has 2 aliphatic rings. The molecule has 1 saturated heterocycles. The van der Waals surface area contributed by atoms with Crippen LogP contribution in [0.4, 0.5) is 0 Å². The fourth-order valence-corrected chi connectivity index (χ4v) is 5.97. The fraction of sp³-hybridized carbons (Fsp3) is 0.435. The number of para-hydroxylation sites is 1. The maximum absolute atomic E-state index is 13.5. The molecule has 2 atom stereocenters. The van der Waals surface area contributed by atoms with E-state index in [4.69, 9.17) is 9.47 Å². The van der Waals surface area contributed by atoms with Gasteiger partial charge in [-0.15, -0.1) is 0 Å². The van der Waals surface area contributed by atoms with Gasteiger partial charge in [0.1, 0.15) is 17.9 Å². The molecule has 1 amide bonds. The maximum Gasteiger partial charge on any atom is 0.243 e. The number of sulfonamides is 1. The highest BCUT2D eigenvalue weighted by atomic mass is 32.2. The van der Waals surface area contributed by atoms with E-state index in [9.17, 15) is 13.2 Å². The second-order valence-electron chi connectivity index (χ2n) is 7.95. The Bertz CT molecular complexity index is 1030. The highest BCUT2D eigenvalue weighted by Crippen LogP contribution is 2.31. The molecule has 4 rings (SSSR count). The van der Waals surface area contributed by atoms with E-state index in [1.807, 2.05) is 36.4 Å². The quantitative estimate of drug-likeness (QED) is 0.631.